The normalized spacial score (nSPS) is 24.9. The van der Waals surface area contributed by atoms with Gasteiger partial charge in [0.25, 0.3) is 0 Å². The summed E-state index contributed by atoms with van der Waals surface area (Å²) in [6.07, 6.45) is 0. The summed E-state index contributed by atoms with van der Waals surface area (Å²) in [4.78, 5) is 12.1. The number of nitrogens with zero attached hydrogens (tertiary/aromatic N) is 1. The minimum Gasteiger partial charge on any atom is -0.354 e. The SMILES string of the molecule is N#CC1C(=O)NCC(c2ccccc2)C1c1ccccc1. The highest BCUT2D eigenvalue weighted by atomic mass is 16.1. The van der Waals surface area contributed by atoms with Gasteiger partial charge in [0.1, 0.15) is 5.92 Å². The first-order chi connectivity index (χ1) is 10.3. The lowest BCUT2D eigenvalue weighted by molar-refractivity contribution is -0.125. The van der Waals surface area contributed by atoms with Crippen LogP contribution in [-0.4, -0.2) is 12.5 Å². The number of amides is 1. The molecule has 21 heavy (non-hydrogen) atoms. The second-order valence-corrected chi connectivity index (χ2v) is 5.31. The summed E-state index contributed by atoms with van der Waals surface area (Å²) >= 11 is 0. The summed E-state index contributed by atoms with van der Waals surface area (Å²) in [7, 11) is 0. The van der Waals surface area contributed by atoms with Gasteiger partial charge in [0.05, 0.1) is 6.07 Å². The van der Waals surface area contributed by atoms with Gasteiger partial charge in [0.2, 0.25) is 5.91 Å². The van der Waals surface area contributed by atoms with Crippen molar-refractivity contribution in [2.45, 2.75) is 11.8 Å². The monoisotopic (exact) mass is 276 g/mol. The standard InChI is InChI=1S/C18H16N2O/c19-11-15-17(14-9-5-2-6-10-14)16(12-20-18(15)21)13-7-3-1-4-8-13/h1-10,15-17H,12H2,(H,20,21). The maximum Gasteiger partial charge on any atom is 0.238 e. The van der Waals surface area contributed by atoms with Crippen molar-refractivity contribution in [3.63, 3.8) is 0 Å². The second-order valence-electron chi connectivity index (χ2n) is 5.31. The molecule has 0 spiro atoms. The molecule has 3 heteroatoms. The fraction of sp³-hybridized carbons (Fsp3) is 0.222. The van der Waals surface area contributed by atoms with Gasteiger partial charge >= 0.3 is 0 Å². The quantitative estimate of drug-likeness (QED) is 0.917. The first kappa shape index (κ1) is 13.4. The van der Waals surface area contributed by atoms with Crippen LogP contribution in [0.3, 0.4) is 0 Å². The zero-order valence-corrected chi connectivity index (χ0v) is 11.6. The molecule has 0 saturated carbocycles. The Kier molecular flexibility index (Phi) is 3.70. The van der Waals surface area contributed by atoms with Crippen molar-refractivity contribution in [3.05, 3.63) is 71.8 Å². The third-order valence-electron chi connectivity index (χ3n) is 4.12. The fourth-order valence-corrected chi connectivity index (χ4v) is 3.11. The first-order valence-corrected chi connectivity index (χ1v) is 7.08. The van der Waals surface area contributed by atoms with Crippen LogP contribution in [0.4, 0.5) is 0 Å². The van der Waals surface area contributed by atoms with E-state index in [2.05, 4.69) is 23.5 Å². The molecule has 1 saturated heterocycles. The van der Waals surface area contributed by atoms with Crippen LogP contribution in [-0.2, 0) is 4.79 Å². The highest BCUT2D eigenvalue weighted by Crippen LogP contribution is 2.40. The zero-order chi connectivity index (χ0) is 14.7. The smallest absolute Gasteiger partial charge is 0.238 e. The average molecular weight is 276 g/mol. The highest BCUT2D eigenvalue weighted by molar-refractivity contribution is 5.83. The van der Waals surface area contributed by atoms with Gasteiger partial charge in [-0.3, -0.25) is 4.79 Å². The van der Waals surface area contributed by atoms with Crippen molar-refractivity contribution < 1.29 is 4.79 Å². The lowest BCUT2D eigenvalue weighted by Gasteiger charge is -2.35. The Morgan fingerprint density at radius 3 is 2.10 bits per heavy atom. The Balaban J connectivity index is 2.06. The van der Waals surface area contributed by atoms with Crippen molar-refractivity contribution >= 4 is 5.91 Å². The van der Waals surface area contributed by atoms with Crippen LogP contribution < -0.4 is 5.32 Å². The molecule has 1 aliphatic rings. The lowest BCUT2D eigenvalue weighted by atomic mass is 9.72. The van der Waals surface area contributed by atoms with E-state index in [1.54, 1.807) is 0 Å². The van der Waals surface area contributed by atoms with Crippen LogP contribution in [0.15, 0.2) is 60.7 Å². The number of benzene rings is 2. The number of rotatable bonds is 2. The van der Waals surface area contributed by atoms with Crippen molar-refractivity contribution in [2.24, 2.45) is 5.92 Å². The van der Waals surface area contributed by atoms with Crippen LogP contribution in [0.1, 0.15) is 23.0 Å². The topological polar surface area (TPSA) is 52.9 Å². The molecule has 0 aliphatic carbocycles. The van der Waals surface area contributed by atoms with Gasteiger partial charge in [0, 0.05) is 18.4 Å². The van der Waals surface area contributed by atoms with Crippen LogP contribution in [0.25, 0.3) is 0 Å². The van der Waals surface area contributed by atoms with Gasteiger partial charge in [0.15, 0.2) is 0 Å². The molecular formula is C18H16N2O. The van der Waals surface area contributed by atoms with E-state index in [1.807, 2.05) is 48.5 Å². The van der Waals surface area contributed by atoms with E-state index in [0.29, 0.717) is 6.54 Å². The molecule has 3 atom stereocenters. The van der Waals surface area contributed by atoms with Crippen molar-refractivity contribution in [3.8, 4) is 6.07 Å². The van der Waals surface area contributed by atoms with E-state index in [1.165, 1.54) is 0 Å². The molecule has 0 radical (unpaired) electrons. The van der Waals surface area contributed by atoms with E-state index in [-0.39, 0.29) is 17.7 Å². The predicted octanol–water partition coefficient (Wildman–Crippen LogP) is 2.82. The Morgan fingerprint density at radius 1 is 0.952 bits per heavy atom. The van der Waals surface area contributed by atoms with E-state index in [0.717, 1.165) is 11.1 Å². The van der Waals surface area contributed by atoms with Gasteiger partial charge in [-0.15, -0.1) is 0 Å². The molecule has 3 rings (SSSR count). The molecule has 1 N–H and O–H groups in total. The van der Waals surface area contributed by atoms with Crippen molar-refractivity contribution in [1.82, 2.24) is 5.32 Å². The summed E-state index contributed by atoms with van der Waals surface area (Å²) in [6, 6.07) is 22.2. The molecule has 3 nitrogen and oxygen atoms in total. The summed E-state index contributed by atoms with van der Waals surface area (Å²) in [5, 5.41) is 12.3. The maximum absolute atomic E-state index is 12.1. The third-order valence-corrected chi connectivity index (χ3v) is 4.12. The van der Waals surface area contributed by atoms with Crippen LogP contribution in [0.5, 0.6) is 0 Å². The molecule has 1 amide bonds. The van der Waals surface area contributed by atoms with Crippen LogP contribution in [0.2, 0.25) is 0 Å². The Bertz CT molecular complexity index is 661. The predicted molar refractivity (Wildman–Crippen MR) is 80.5 cm³/mol. The van der Waals surface area contributed by atoms with E-state index >= 15 is 0 Å². The Morgan fingerprint density at radius 2 is 1.52 bits per heavy atom. The number of hydrogen-bond donors (Lipinski definition) is 1. The minimum absolute atomic E-state index is 0.104. The average Bonchev–Trinajstić information content (AvgIpc) is 2.56. The number of hydrogen-bond acceptors (Lipinski definition) is 2. The molecular weight excluding hydrogens is 260 g/mol. The van der Waals surface area contributed by atoms with Crippen molar-refractivity contribution in [2.75, 3.05) is 6.54 Å². The second kappa shape index (κ2) is 5.80. The lowest BCUT2D eigenvalue weighted by Crippen LogP contribution is -2.45. The summed E-state index contributed by atoms with van der Waals surface area (Å²) in [6.45, 7) is 0.570. The fourth-order valence-electron chi connectivity index (χ4n) is 3.11. The Labute approximate surface area is 124 Å². The number of carbonyl (C=O) groups excluding carboxylic acids is 1. The molecule has 1 fully saturated rings. The zero-order valence-electron chi connectivity index (χ0n) is 11.6. The molecule has 2 aromatic rings. The number of nitriles is 1. The largest absolute Gasteiger partial charge is 0.354 e. The molecule has 3 unspecified atom stereocenters. The van der Waals surface area contributed by atoms with Gasteiger partial charge in [-0.05, 0) is 11.1 Å². The third kappa shape index (κ3) is 2.53. The summed E-state index contributed by atoms with van der Waals surface area (Å²) in [5.41, 5.74) is 2.21. The van der Waals surface area contributed by atoms with Crippen LogP contribution >= 0.6 is 0 Å². The molecule has 2 aromatic carbocycles. The van der Waals surface area contributed by atoms with E-state index in [9.17, 15) is 10.1 Å². The minimum atomic E-state index is -0.647. The molecule has 1 aliphatic heterocycles. The molecule has 104 valence electrons. The van der Waals surface area contributed by atoms with Gasteiger partial charge < -0.3 is 5.32 Å². The Hall–Kier alpha value is -2.60. The molecule has 0 aromatic heterocycles. The molecule has 1 heterocycles. The maximum atomic E-state index is 12.1. The summed E-state index contributed by atoms with van der Waals surface area (Å²) in [5.74, 6) is -0.798. The van der Waals surface area contributed by atoms with Gasteiger partial charge in [-0.1, -0.05) is 60.7 Å². The van der Waals surface area contributed by atoms with E-state index < -0.39 is 5.92 Å². The number of nitrogens with one attached hydrogen (secondary N) is 1. The molecule has 0 bridgehead atoms. The number of carbonyl (C=O) groups is 1. The van der Waals surface area contributed by atoms with Crippen LogP contribution in [0, 0.1) is 17.2 Å². The highest BCUT2D eigenvalue weighted by Gasteiger charge is 2.40. The van der Waals surface area contributed by atoms with E-state index in [4.69, 9.17) is 0 Å². The summed E-state index contributed by atoms with van der Waals surface area (Å²) < 4.78 is 0. The first-order valence-electron chi connectivity index (χ1n) is 7.08. The van der Waals surface area contributed by atoms with Crippen molar-refractivity contribution in [1.29, 1.82) is 5.26 Å². The number of piperidine rings is 1. The van der Waals surface area contributed by atoms with Gasteiger partial charge in [-0.25, -0.2) is 0 Å². The van der Waals surface area contributed by atoms with Gasteiger partial charge in [-0.2, -0.15) is 5.26 Å².